The lowest BCUT2D eigenvalue weighted by molar-refractivity contribution is 0.756. The number of nitrogens with zero attached hydrogens (tertiary/aromatic N) is 2. The summed E-state index contributed by atoms with van der Waals surface area (Å²) in [5.41, 5.74) is 2.18. The second-order valence-electron chi connectivity index (χ2n) is 4.94. The molecule has 0 saturated carbocycles. The van der Waals surface area contributed by atoms with E-state index in [9.17, 15) is 0 Å². The van der Waals surface area contributed by atoms with Gasteiger partial charge in [0.05, 0.1) is 5.69 Å². The van der Waals surface area contributed by atoms with Crippen molar-refractivity contribution in [1.29, 1.82) is 0 Å². The van der Waals surface area contributed by atoms with Gasteiger partial charge in [0.2, 0.25) is 5.95 Å². The van der Waals surface area contributed by atoms with E-state index in [1.165, 1.54) is 11.5 Å². The van der Waals surface area contributed by atoms with Crippen molar-refractivity contribution in [3.8, 4) is 5.69 Å². The first-order chi connectivity index (χ1) is 9.70. The van der Waals surface area contributed by atoms with Gasteiger partial charge < -0.3 is 5.32 Å². The summed E-state index contributed by atoms with van der Waals surface area (Å²) in [5.74, 6) is 3.31. The molecular weight excluding hydrogens is 266 g/mol. The molecule has 2 rings (SSSR count). The second kappa shape index (κ2) is 7.39. The lowest BCUT2D eigenvalue weighted by Gasteiger charge is -2.15. The third kappa shape index (κ3) is 4.04. The van der Waals surface area contributed by atoms with Crippen LogP contribution in [0.4, 0.5) is 5.95 Å². The van der Waals surface area contributed by atoms with Gasteiger partial charge in [-0.15, -0.1) is 0 Å². The van der Waals surface area contributed by atoms with Gasteiger partial charge in [-0.05, 0) is 43.9 Å². The maximum absolute atomic E-state index is 4.60. The molecule has 4 heteroatoms. The minimum atomic E-state index is 0.429. The normalized spacial score (nSPS) is 12.3. The van der Waals surface area contributed by atoms with E-state index in [0.29, 0.717) is 6.04 Å². The van der Waals surface area contributed by atoms with Crippen molar-refractivity contribution in [2.24, 2.45) is 0 Å². The van der Waals surface area contributed by atoms with Crippen LogP contribution in [0.1, 0.15) is 26.0 Å². The molecule has 0 spiro atoms. The molecule has 0 saturated heterocycles. The van der Waals surface area contributed by atoms with Crippen molar-refractivity contribution < 1.29 is 0 Å². The lowest BCUT2D eigenvalue weighted by Crippen LogP contribution is -2.18. The largest absolute Gasteiger partial charge is 0.353 e. The molecule has 1 unspecified atom stereocenters. The van der Waals surface area contributed by atoms with Crippen LogP contribution in [0.15, 0.2) is 36.5 Å². The van der Waals surface area contributed by atoms with E-state index in [2.05, 4.69) is 59.2 Å². The molecule has 0 aliphatic heterocycles. The molecule has 20 heavy (non-hydrogen) atoms. The minimum Gasteiger partial charge on any atom is -0.353 e. The van der Waals surface area contributed by atoms with Crippen LogP contribution < -0.4 is 5.32 Å². The number of imidazole rings is 1. The topological polar surface area (TPSA) is 29.9 Å². The van der Waals surface area contributed by atoms with Gasteiger partial charge in [-0.25, -0.2) is 4.98 Å². The van der Waals surface area contributed by atoms with E-state index in [0.717, 1.165) is 23.8 Å². The molecule has 1 N–H and O–H groups in total. The van der Waals surface area contributed by atoms with E-state index >= 15 is 0 Å². The van der Waals surface area contributed by atoms with Gasteiger partial charge in [0.15, 0.2) is 0 Å². The number of para-hydroxylation sites is 1. The van der Waals surface area contributed by atoms with Crippen molar-refractivity contribution in [3.63, 3.8) is 0 Å². The number of rotatable bonds is 7. The molecule has 108 valence electrons. The number of aromatic nitrogens is 2. The highest BCUT2D eigenvalue weighted by atomic mass is 32.2. The molecule has 0 aliphatic carbocycles. The molecule has 0 amide bonds. The van der Waals surface area contributed by atoms with Crippen LogP contribution in [0.2, 0.25) is 0 Å². The van der Waals surface area contributed by atoms with Gasteiger partial charge in [0.1, 0.15) is 0 Å². The van der Waals surface area contributed by atoms with E-state index in [1.54, 1.807) is 0 Å². The molecule has 1 heterocycles. The second-order valence-corrected chi connectivity index (χ2v) is 6.34. The molecule has 0 aliphatic rings. The molecular formula is C16H23N3S. The van der Waals surface area contributed by atoms with Gasteiger partial charge in [-0.1, -0.05) is 25.1 Å². The number of hydrogen-bond donors (Lipinski definition) is 1. The first-order valence-corrected chi connectivity index (χ1v) is 8.32. The zero-order chi connectivity index (χ0) is 14.4. The smallest absolute Gasteiger partial charge is 0.207 e. The Balaban J connectivity index is 2.08. The average Bonchev–Trinajstić information content (AvgIpc) is 2.81. The van der Waals surface area contributed by atoms with E-state index in [-0.39, 0.29) is 0 Å². The van der Waals surface area contributed by atoms with Crippen molar-refractivity contribution in [1.82, 2.24) is 9.55 Å². The third-order valence-corrected chi connectivity index (χ3v) is 4.07. The van der Waals surface area contributed by atoms with Gasteiger partial charge >= 0.3 is 0 Å². The maximum Gasteiger partial charge on any atom is 0.207 e. The fraction of sp³-hybridized carbons (Fsp3) is 0.438. The Labute approximate surface area is 125 Å². The van der Waals surface area contributed by atoms with Crippen molar-refractivity contribution in [2.75, 3.05) is 16.8 Å². The van der Waals surface area contributed by atoms with Crippen LogP contribution >= 0.6 is 11.8 Å². The highest BCUT2D eigenvalue weighted by Gasteiger charge is 2.10. The Morgan fingerprint density at radius 2 is 2.05 bits per heavy atom. The van der Waals surface area contributed by atoms with Crippen LogP contribution in [-0.4, -0.2) is 27.1 Å². The summed E-state index contributed by atoms with van der Waals surface area (Å²) in [5, 5.41) is 3.53. The molecule has 1 aromatic carbocycles. The number of hydrogen-bond acceptors (Lipinski definition) is 3. The summed E-state index contributed by atoms with van der Waals surface area (Å²) < 4.78 is 2.12. The van der Waals surface area contributed by atoms with Gasteiger partial charge in [-0.3, -0.25) is 4.57 Å². The van der Waals surface area contributed by atoms with Gasteiger partial charge in [-0.2, -0.15) is 11.8 Å². The minimum absolute atomic E-state index is 0.429. The van der Waals surface area contributed by atoms with Gasteiger partial charge in [0, 0.05) is 17.9 Å². The Kier molecular flexibility index (Phi) is 5.53. The maximum atomic E-state index is 4.60. The molecule has 2 aromatic rings. The Hall–Kier alpha value is -1.42. The fourth-order valence-corrected chi connectivity index (χ4v) is 2.89. The molecule has 1 aromatic heterocycles. The highest BCUT2D eigenvalue weighted by Crippen LogP contribution is 2.18. The predicted octanol–water partition coefficient (Wildman–Crippen LogP) is 4.12. The van der Waals surface area contributed by atoms with Crippen LogP contribution in [-0.2, 0) is 0 Å². The highest BCUT2D eigenvalue weighted by molar-refractivity contribution is 7.99. The molecule has 1 atom stereocenters. The predicted molar refractivity (Wildman–Crippen MR) is 89.0 cm³/mol. The molecule has 3 nitrogen and oxygen atoms in total. The summed E-state index contributed by atoms with van der Waals surface area (Å²) in [6.07, 6.45) is 3.23. The number of benzene rings is 1. The summed E-state index contributed by atoms with van der Waals surface area (Å²) in [4.78, 5) is 4.60. The lowest BCUT2D eigenvalue weighted by atomic mass is 10.3. The number of nitrogens with one attached hydrogen (secondary N) is 1. The monoisotopic (exact) mass is 289 g/mol. The molecule has 0 radical (unpaired) electrons. The summed E-state index contributed by atoms with van der Waals surface area (Å²) in [6, 6.07) is 10.8. The Morgan fingerprint density at radius 1 is 1.30 bits per heavy atom. The fourth-order valence-electron chi connectivity index (χ4n) is 2.08. The van der Waals surface area contributed by atoms with Crippen molar-refractivity contribution in [2.45, 2.75) is 33.2 Å². The standard InChI is InChI=1S/C16H23N3S/c1-4-20-11-10-13(2)17-16-18-14(3)12-19(16)15-8-6-5-7-9-15/h5-9,12-13H,4,10-11H2,1-3H3,(H,17,18). The zero-order valence-electron chi connectivity index (χ0n) is 12.5. The third-order valence-electron chi connectivity index (χ3n) is 3.14. The number of anilines is 1. The zero-order valence-corrected chi connectivity index (χ0v) is 13.3. The van der Waals surface area contributed by atoms with Crippen molar-refractivity contribution in [3.05, 3.63) is 42.2 Å². The summed E-state index contributed by atoms with van der Waals surface area (Å²) in [7, 11) is 0. The van der Waals surface area contributed by atoms with Gasteiger partial charge in [0.25, 0.3) is 0 Å². The first-order valence-electron chi connectivity index (χ1n) is 7.16. The number of aryl methyl sites for hydroxylation is 1. The van der Waals surface area contributed by atoms with E-state index in [4.69, 9.17) is 0 Å². The van der Waals surface area contributed by atoms with Crippen LogP contribution in [0.25, 0.3) is 5.69 Å². The first kappa shape index (κ1) is 15.0. The Morgan fingerprint density at radius 3 is 2.75 bits per heavy atom. The average molecular weight is 289 g/mol. The van der Waals surface area contributed by atoms with Crippen LogP contribution in [0, 0.1) is 6.92 Å². The van der Waals surface area contributed by atoms with Crippen molar-refractivity contribution >= 4 is 17.7 Å². The summed E-state index contributed by atoms with van der Waals surface area (Å²) >= 11 is 1.99. The Bertz CT molecular complexity index is 522. The number of thioether (sulfide) groups is 1. The van der Waals surface area contributed by atoms with Crippen LogP contribution in [0.3, 0.4) is 0 Å². The molecule has 0 fully saturated rings. The molecule has 0 bridgehead atoms. The van der Waals surface area contributed by atoms with E-state index < -0.39 is 0 Å². The van der Waals surface area contributed by atoms with Crippen LogP contribution in [0.5, 0.6) is 0 Å². The quantitative estimate of drug-likeness (QED) is 0.777. The van der Waals surface area contributed by atoms with E-state index in [1.807, 2.05) is 24.8 Å². The summed E-state index contributed by atoms with van der Waals surface area (Å²) in [6.45, 7) is 6.45. The SMILES string of the molecule is CCSCCC(C)Nc1nc(C)cn1-c1ccccc1.